The molecule has 0 fully saturated rings. The van der Waals surface area contributed by atoms with Gasteiger partial charge in [0.05, 0.1) is 0 Å². The summed E-state index contributed by atoms with van der Waals surface area (Å²) in [7, 11) is 0. The molecule has 98 valence electrons. The minimum Gasteiger partial charge on any atom is -0.306 e. The Morgan fingerprint density at radius 2 is 1.95 bits per heavy atom. The van der Waals surface area contributed by atoms with Gasteiger partial charge in [0.15, 0.2) is 0 Å². The molecule has 2 aromatic carbocycles. The van der Waals surface area contributed by atoms with E-state index in [9.17, 15) is 0 Å². The van der Waals surface area contributed by atoms with Gasteiger partial charge in [0, 0.05) is 22.1 Å². The zero-order chi connectivity index (χ0) is 13.2. The number of hydrogen-bond donors (Lipinski definition) is 1. The van der Waals surface area contributed by atoms with Crippen molar-refractivity contribution in [1.29, 1.82) is 0 Å². The summed E-state index contributed by atoms with van der Waals surface area (Å²) in [6, 6.07) is 15.2. The largest absolute Gasteiger partial charge is 0.306 e. The molecule has 1 aliphatic rings. The van der Waals surface area contributed by atoms with Gasteiger partial charge in [0.2, 0.25) is 0 Å². The normalized spacial score (nSPS) is 17.5. The summed E-state index contributed by atoms with van der Waals surface area (Å²) in [6.07, 6.45) is 2.28. The molecule has 0 saturated carbocycles. The van der Waals surface area contributed by atoms with Crippen LogP contribution in [0.4, 0.5) is 0 Å². The van der Waals surface area contributed by atoms with E-state index < -0.39 is 0 Å². The van der Waals surface area contributed by atoms with Crippen LogP contribution >= 0.6 is 27.5 Å². The van der Waals surface area contributed by atoms with Gasteiger partial charge in [0.1, 0.15) is 0 Å². The first kappa shape index (κ1) is 13.2. The molecule has 0 bridgehead atoms. The van der Waals surface area contributed by atoms with Crippen LogP contribution < -0.4 is 5.32 Å². The van der Waals surface area contributed by atoms with Gasteiger partial charge in [-0.15, -0.1) is 0 Å². The summed E-state index contributed by atoms with van der Waals surface area (Å²) in [5.41, 5.74) is 4.10. The zero-order valence-corrected chi connectivity index (χ0v) is 12.8. The quantitative estimate of drug-likeness (QED) is 0.842. The van der Waals surface area contributed by atoms with Crippen LogP contribution in [0.5, 0.6) is 0 Å². The van der Waals surface area contributed by atoms with E-state index in [2.05, 4.69) is 57.6 Å². The third-order valence-corrected chi connectivity index (χ3v) is 4.41. The number of halogens is 2. The predicted octanol–water partition coefficient (Wildman–Crippen LogP) is 4.88. The average Bonchev–Trinajstić information content (AvgIpc) is 2.80. The molecule has 0 spiro atoms. The summed E-state index contributed by atoms with van der Waals surface area (Å²) >= 11 is 9.49. The highest BCUT2D eigenvalue weighted by molar-refractivity contribution is 9.10. The predicted molar refractivity (Wildman–Crippen MR) is 83.5 cm³/mol. The molecule has 0 amide bonds. The minimum absolute atomic E-state index is 0.455. The average molecular weight is 337 g/mol. The molecule has 1 aliphatic carbocycles. The summed E-state index contributed by atoms with van der Waals surface area (Å²) in [4.78, 5) is 0. The van der Waals surface area contributed by atoms with E-state index in [1.807, 2.05) is 6.07 Å². The van der Waals surface area contributed by atoms with Crippen molar-refractivity contribution in [2.24, 2.45) is 0 Å². The van der Waals surface area contributed by atoms with Gasteiger partial charge in [-0.3, -0.25) is 0 Å². The van der Waals surface area contributed by atoms with Crippen molar-refractivity contribution < 1.29 is 0 Å². The van der Waals surface area contributed by atoms with Crippen molar-refractivity contribution in [3.63, 3.8) is 0 Å². The van der Waals surface area contributed by atoms with Crippen LogP contribution in [0.2, 0.25) is 5.02 Å². The standard InChI is InChI=1S/C16H15BrClN/c17-13-4-1-11(2-5-13)10-19-16-8-3-12-9-14(18)6-7-15(12)16/h1-2,4-7,9,16,19H,3,8,10H2. The van der Waals surface area contributed by atoms with Crippen molar-refractivity contribution in [3.05, 3.63) is 68.7 Å². The van der Waals surface area contributed by atoms with Gasteiger partial charge in [0.25, 0.3) is 0 Å². The maximum absolute atomic E-state index is 6.03. The Balaban J connectivity index is 1.68. The van der Waals surface area contributed by atoms with E-state index in [0.29, 0.717) is 6.04 Å². The van der Waals surface area contributed by atoms with Crippen LogP contribution in [-0.2, 0) is 13.0 Å². The molecule has 0 aromatic heterocycles. The summed E-state index contributed by atoms with van der Waals surface area (Å²) in [5, 5.41) is 4.47. The summed E-state index contributed by atoms with van der Waals surface area (Å²) in [5.74, 6) is 0. The van der Waals surface area contributed by atoms with E-state index in [-0.39, 0.29) is 0 Å². The van der Waals surface area contributed by atoms with E-state index in [4.69, 9.17) is 11.6 Å². The lowest BCUT2D eigenvalue weighted by Crippen LogP contribution is -2.18. The molecule has 1 unspecified atom stereocenters. The van der Waals surface area contributed by atoms with E-state index in [1.54, 1.807) is 0 Å². The number of nitrogens with one attached hydrogen (secondary N) is 1. The fourth-order valence-corrected chi connectivity index (χ4v) is 3.10. The van der Waals surface area contributed by atoms with Crippen molar-refractivity contribution in [2.45, 2.75) is 25.4 Å². The van der Waals surface area contributed by atoms with Gasteiger partial charge < -0.3 is 5.32 Å². The maximum atomic E-state index is 6.03. The molecule has 19 heavy (non-hydrogen) atoms. The van der Waals surface area contributed by atoms with Gasteiger partial charge in [-0.1, -0.05) is 45.7 Å². The number of hydrogen-bond acceptors (Lipinski definition) is 1. The highest BCUT2D eigenvalue weighted by atomic mass is 79.9. The van der Waals surface area contributed by atoms with Crippen LogP contribution in [0.15, 0.2) is 46.9 Å². The monoisotopic (exact) mass is 335 g/mol. The Morgan fingerprint density at radius 1 is 1.16 bits per heavy atom. The van der Waals surface area contributed by atoms with Crippen molar-refractivity contribution >= 4 is 27.5 Å². The highest BCUT2D eigenvalue weighted by Gasteiger charge is 2.21. The molecule has 0 heterocycles. The van der Waals surface area contributed by atoms with Crippen molar-refractivity contribution in [1.82, 2.24) is 5.32 Å². The molecule has 3 rings (SSSR count). The molecule has 1 atom stereocenters. The Kier molecular flexibility index (Phi) is 3.92. The lowest BCUT2D eigenvalue weighted by molar-refractivity contribution is 0.530. The first-order valence-electron chi connectivity index (χ1n) is 6.48. The number of fused-ring (bicyclic) bond motifs is 1. The van der Waals surface area contributed by atoms with Crippen LogP contribution in [0, 0.1) is 0 Å². The van der Waals surface area contributed by atoms with Crippen LogP contribution in [0.25, 0.3) is 0 Å². The van der Waals surface area contributed by atoms with Crippen LogP contribution in [0.1, 0.15) is 29.2 Å². The summed E-state index contributed by atoms with van der Waals surface area (Å²) in [6.45, 7) is 0.903. The topological polar surface area (TPSA) is 12.0 Å². The van der Waals surface area contributed by atoms with Crippen molar-refractivity contribution in [2.75, 3.05) is 0 Å². The third-order valence-electron chi connectivity index (χ3n) is 3.65. The molecule has 1 N–H and O–H groups in total. The smallest absolute Gasteiger partial charge is 0.0408 e. The molecule has 1 nitrogen and oxygen atoms in total. The molecule has 0 saturated heterocycles. The number of aryl methyl sites for hydroxylation is 1. The van der Waals surface area contributed by atoms with Crippen molar-refractivity contribution in [3.8, 4) is 0 Å². The molecular formula is C16H15BrClN. The zero-order valence-electron chi connectivity index (χ0n) is 10.5. The molecular weight excluding hydrogens is 322 g/mol. The molecule has 0 aliphatic heterocycles. The Morgan fingerprint density at radius 3 is 2.74 bits per heavy atom. The number of benzene rings is 2. The lowest BCUT2D eigenvalue weighted by Gasteiger charge is -2.14. The highest BCUT2D eigenvalue weighted by Crippen LogP contribution is 2.33. The summed E-state index contributed by atoms with van der Waals surface area (Å²) < 4.78 is 1.12. The SMILES string of the molecule is Clc1ccc2c(c1)CCC2NCc1ccc(Br)cc1. The van der Waals surface area contributed by atoms with E-state index in [0.717, 1.165) is 28.9 Å². The Labute approximate surface area is 127 Å². The molecule has 0 radical (unpaired) electrons. The van der Waals surface area contributed by atoms with E-state index in [1.165, 1.54) is 16.7 Å². The second-order valence-electron chi connectivity index (χ2n) is 4.94. The third kappa shape index (κ3) is 3.02. The fourth-order valence-electron chi connectivity index (χ4n) is 2.64. The molecule has 2 aromatic rings. The fraction of sp³-hybridized carbons (Fsp3) is 0.250. The second-order valence-corrected chi connectivity index (χ2v) is 6.29. The van der Waals surface area contributed by atoms with Crippen LogP contribution in [-0.4, -0.2) is 0 Å². The first-order valence-corrected chi connectivity index (χ1v) is 7.65. The minimum atomic E-state index is 0.455. The first-order chi connectivity index (χ1) is 9.22. The Bertz CT molecular complexity index is 580. The Hall–Kier alpha value is -0.830. The van der Waals surface area contributed by atoms with Gasteiger partial charge in [-0.2, -0.15) is 0 Å². The van der Waals surface area contributed by atoms with E-state index >= 15 is 0 Å². The van der Waals surface area contributed by atoms with Gasteiger partial charge in [-0.05, 0) is 53.8 Å². The van der Waals surface area contributed by atoms with Gasteiger partial charge in [-0.25, -0.2) is 0 Å². The second kappa shape index (κ2) is 5.66. The van der Waals surface area contributed by atoms with Crippen LogP contribution in [0.3, 0.4) is 0 Å². The lowest BCUT2D eigenvalue weighted by atomic mass is 10.1. The van der Waals surface area contributed by atoms with Gasteiger partial charge >= 0.3 is 0 Å². The maximum Gasteiger partial charge on any atom is 0.0408 e. The molecule has 3 heteroatoms. The number of rotatable bonds is 3.